The zero-order chi connectivity index (χ0) is 16.1. The monoisotopic (exact) mass is 332 g/mol. The highest BCUT2D eigenvalue weighted by Crippen LogP contribution is 2.32. The van der Waals surface area contributed by atoms with E-state index in [0.717, 1.165) is 35.0 Å². The molecule has 0 spiro atoms. The molecule has 0 atom stereocenters. The zero-order valence-electron chi connectivity index (χ0n) is 13.0. The number of ether oxygens (including phenoxy) is 2. The molecule has 6 nitrogen and oxygen atoms in total. The van der Waals surface area contributed by atoms with E-state index in [2.05, 4.69) is 15.3 Å². The van der Waals surface area contributed by atoms with Crippen molar-refractivity contribution in [2.45, 2.75) is 19.8 Å². The van der Waals surface area contributed by atoms with Gasteiger partial charge in [0.1, 0.15) is 0 Å². The van der Waals surface area contributed by atoms with E-state index in [-0.39, 0.29) is 0 Å². The van der Waals surface area contributed by atoms with Crippen molar-refractivity contribution in [1.29, 1.82) is 0 Å². The summed E-state index contributed by atoms with van der Waals surface area (Å²) in [4.78, 5) is 9.85. The first-order chi connectivity index (χ1) is 11.2. The van der Waals surface area contributed by atoms with Gasteiger partial charge in [0.05, 0.1) is 18.2 Å². The van der Waals surface area contributed by atoms with E-state index >= 15 is 0 Å². The molecule has 0 bridgehead atoms. The van der Waals surface area contributed by atoms with Gasteiger partial charge in [-0.3, -0.25) is 4.99 Å². The van der Waals surface area contributed by atoms with E-state index in [0.29, 0.717) is 25.7 Å². The molecule has 1 aliphatic heterocycles. The highest BCUT2D eigenvalue weighted by molar-refractivity contribution is 7.11. The van der Waals surface area contributed by atoms with Crippen LogP contribution >= 0.6 is 11.3 Å². The second kappa shape index (κ2) is 7.32. The molecular formula is C16H20N4O2S. The standard InChI is InChI=1S/C16H20N4O2S/c1-11-10-19-15(23-11)5-6-18-16(17)20-12-3-4-13-14(9-12)22-8-2-7-21-13/h3-4,9-10H,2,5-8H2,1H3,(H3,17,18,20). The minimum absolute atomic E-state index is 0.382. The Labute approximate surface area is 139 Å². The molecule has 2 aromatic rings. The molecule has 0 saturated heterocycles. The maximum absolute atomic E-state index is 5.93. The van der Waals surface area contributed by atoms with E-state index in [9.17, 15) is 0 Å². The number of fused-ring (bicyclic) bond motifs is 1. The number of aromatic nitrogens is 1. The number of rotatable bonds is 4. The van der Waals surface area contributed by atoms with Gasteiger partial charge in [-0.2, -0.15) is 0 Å². The number of hydrogen-bond donors (Lipinski definition) is 2. The van der Waals surface area contributed by atoms with Gasteiger partial charge in [-0.25, -0.2) is 4.98 Å². The lowest BCUT2D eigenvalue weighted by molar-refractivity contribution is 0.297. The summed E-state index contributed by atoms with van der Waals surface area (Å²) in [5.74, 6) is 1.88. The van der Waals surface area contributed by atoms with Gasteiger partial charge in [-0.1, -0.05) is 0 Å². The van der Waals surface area contributed by atoms with Crippen LogP contribution in [0.25, 0.3) is 0 Å². The Balaban J connectivity index is 1.57. The van der Waals surface area contributed by atoms with Crippen LogP contribution < -0.4 is 20.5 Å². The van der Waals surface area contributed by atoms with Crippen molar-refractivity contribution in [3.05, 3.63) is 34.3 Å². The summed E-state index contributed by atoms with van der Waals surface area (Å²) in [6.45, 7) is 3.99. The lowest BCUT2D eigenvalue weighted by Crippen LogP contribution is -2.23. The maximum atomic E-state index is 5.93. The quantitative estimate of drug-likeness (QED) is 0.664. The van der Waals surface area contributed by atoms with Gasteiger partial charge < -0.3 is 20.5 Å². The molecule has 0 aliphatic carbocycles. The third-order valence-corrected chi connectivity index (χ3v) is 4.27. The molecule has 0 fully saturated rings. The first-order valence-electron chi connectivity index (χ1n) is 7.58. The summed E-state index contributed by atoms with van der Waals surface area (Å²) in [6.07, 6.45) is 3.56. The van der Waals surface area contributed by atoms with Crippen molar-refractivity contribution in [3.8, 4) is 11.5 Å². The minimum atomic E-state index is 0.382. The van der Waals surface area contributed by atoms with Crippen molar-refractivity contribution in [2.75, 3.05) is 25.1 Å². The highest BCUT2D eigenvalue weighted by atomic mass is 32.1. The number of thiazole rings is 1. The van der Waals surface area contributed by atoms with E-state index in [1.165, 1.54) is 4.88 Å². The van der Waals surface area contributed by atoms with E-state index < -0.39 is 0 Å². The number of nitrogens with one attached hydrogen (secondary N) is 1. The third kappa shape index (κ3) is 4.35. The number of guanidine groups is 1. The number of aliphatic imine (C=N–C) groups is 1. The molecule has 1 aromatic carbocycles. The summed E-state index contributed by atoms with van der Waals surface area (Å²) in [7, 11) is 0. The lowest BCUT2D eigenvalue weighted by Gasteiger charge is -2.10. The lowest BCUT2D eigenvalue weighted by atomic mass is 10.3. The predicted octanol–water partition coefficient (Wildman–Crippen LogP) is 2.58. The largest absolute Gasteiger partial charge is 0.490 e. The first kappa shape index (κ1) is 15.6. The molecule has 0 radical (unpaired) electrons. The van der Waals surface area contributed by atoms with Crippen LogP contribution in [0.15, 0.2) is 29.4 Å². The fourth-order valence-corrected chi connectivity index (χ4v) is 2.99. The Morgan fingerprint density at radius 3 is 2.96 bits per heavy atom. The molecular weight excluding hydrogens is 312 g/mol. The zero-order valence-corrected chi connectivity index (χ0v) is 13.9. The molecule has 7 heteroatoms. The second-order valence-corrected chi connectivity index (χ2v) is 6.54. The average molecular weight is 332 g/mol. The molecule has 0 amide bonds. The predicted molar refractivity (Wildman–Crippen MR) is 92.7 cm³/mol. The Bertz CT molecular complexity index is 699. The number of benzene rings is 1. The van der Waals surface area contributed by atoms with Crippen molar-refractivity contribution >= 4 is 23.0 Å². The molecule has 1 aromatic heterocycles. The van der Waals surface area contributed by atoms with Gasteiger partial charge in [-0.05, 0) is 19.1 Å². The molecule has 122 valence electrons. The third-order valence-electron chi connectivity index (χ3n) is 3.30. The normalized spacial score (nSPS) is 14.4. The van der Waals surface area contributed by atoms with Gasteiger partial charge in [-0.15, -0.1) is 11.3 Å². The topological polar surface area (TPSA) is 81.8 Å². The van der Waals surface area contributed by atoms with Crippen LogP contribution in [0.1, 0.15) is 16.3 Å². The highest BCUT2D eigenvalue weighted by Gasteiger charge is 2.10. The molecule has 23 heavy (non-hydrogen) atoms. The van der Waals surface area contributed by atoms with Crippen molar-refractivity contribution in [1.82, 2.24) is 4.98 Å². The summed E-state index contributed by atoms with van der Waals surface area (Å²) in [5, 5.41) is 4.16. The van der Waals surface area contributed by atoms with Crippen molar-refractivity contribution in [3.63, 3.8) is 0 Å². The van der Waals surface area contributed by atoms with Gasteiger partial charge in [0.25, 0.3) is 0 Å². The van der Waals surface area contributed by atoms with Gasteiger partial charge >= 0.3 is 0 Å². The Kier molecular flexibility index (Phi) is 4.97. The van der Waals surface area contributed by atoms with Crippen LogP contribution in [-0.2, 0) is 6.42 Å². The van der Waals surface area contributed by atoms with Crippen LogP contribution in [0, 0.1) is 6.92 Å². The SMILES string of the molecule is Cc1cnc(CCN=C(N)Nc2ccc3c(c2)OCCCO3)s1. The number of nitrogens with two attached hydrogens (primary N) is 1. The summed E-state index contributed by atoms with van der Waals surface area (Å²) < 4.78 is 11.3. The Morgan fingerprint density at radius 2 is 2.17 bits per heavy atom. The second-order valence-electron chi connectivity index (χ2n) is 5.22. The number of hydrogen-bond acceptors (Lipinski definition) is 5. The van der Waals surface area contributed by atoms with Gasteiger partial charge in [0, 0.05) is 42.2 Å². The number of anilines is 1. The van der Waals surface area contributed by atoms with E-state index in [4.69, 9.17) is 15.2 Å². The molecule has 0 saturated carbocycles. The fraction of sp³-hybridized carbons (Fsp3) is 0.375. The van der Waals surface area contributed by atoms with E-state index in [1.54, 1.807) is 11.3 Å². The first-order valence-corrected chi connectivity index (χ1v) is 8.40. The van der Waals surface area contributed by atoms with Crippen LogP contribution in [0.2, 0.25) is 0 Å². The fourth-order valence-electron chi connectivity index (χ4n) is 2.22. The summed E-state index contributed by atoms with van der Waals surface area (Å²) in [5.41, 5.74) is 6.77. The van der Waals surface area contributed by atoms with Crippen molar-refractivity contribution < 1.29 is 9.47 Å². The molecule has 1 aliphatic rings. The van der Waals surface area contributed by atoms with Crippen LogP contribution in [-0.4, -0.2) is 30.7 Å². The Hall–Kier alpha value is -2.28. The number of aryl methyl sites for hydroxylation is 1. The van der Waals surface area contributed by atoms with Crippen LogP contribution in [0.5, 0.6) is 11.5 Å². The molecule has 2 heterocycles. The van der Waals surface area contributed by atoms with Crippen LogP contribution in [0.3, 0.4) is 0 Å². The van der Waals surface area contributed by atoms with Gasteiger partial charge in [0.15, 0.2) is 17.5 Å². The molecule has 3 rings (SSSR count). The summed E-state index contributed by atoms with van der Waals surface area (Å²) in [6, 6.07) is 5.67. The Morgan fingerprint density at radius 1 is 1.35 bits per heavy atom. The smallest absolute Gasteiger partial charge is 0.193 e. The van der Waals surface area contributed by atoms with Crippen LogP contribution in [0.4, 0.5) is 5.69 Å². The van der Waals surface area contributed by atoms with Gasteiger partial charge in [0.2, 0.25) is 0 Å². The summed E-state index contributed by atoms with van der Waals surface area (Å²) >= 11 is 1.69. The average Bonchev–Trinajstić information content (AvgIpc) is 2.81. The molecule has 3 N–H and O–H groups in total. The number of nitrogens with zero attached hydrogens (tertiary/aromatic N) is 2. The molecule has 0 unspecified atom stereocenters. The van der Waals surface area contributed by atoms with Crippen molar-refractivity contribution in [2.24, 2.45) is 10.7 Å². The minimum Gasteiger partial charge on any atom is -0.490 e. The maximum Gasteiger partial charge on any atom is 0.193 e. The van der Waals surface area contributed by atoms with E-state index in [1.807, 2.05) is 31.3 Å².